The fourth-order valence-corrected chi connectivity index (χ4v) is 5.77. The lowest BCUT2D eigenvalue weighted by Crippen LogP contribution is -2.74. The number of ether oxygens (including phenoxy) is 1. The van der Waals surface area contributed by atoms with Crippen molar-refractivity contribution in [3.8, 4) is 11.5 Å². The number of nitrogens with zero attached hydrogens (tertiary/aromatic N) is 2. The third-order valence-electron chi connectivity index (χ3n) is 8.41. The summed E-state index contributed by atoms with van der Waals surface area (Å²) in [6.07, 6.45) is 1.08. The lowest BCUT2D eigenvalue weighted by Gasteiger charge is -2.52. The number of likely N-dealkylation sites (tertiary alicyclic amines) is 1. The van der Waals surface area contributed by atoms with Gasteiger partial charge in [-0.2, -0.15) is 0 Å². The van der Waals surface area contributed by atoms with E-state index in [2.05, 4.69) is 22.5 Å². The molecule has 2 heterocycles. The first-order valence-corrected chi connectivity index (χ1v) is 15.1. The molecule has 0 saturated carbocycles. The summed E-state index contributed by atoms with van der Waals surface area (Å²) < 4.78 is 5.96. The number of aliphatic hydroxyl groups excluding tert-OH is 3. The molecule has 1 spiro atoms. The predicted octanol–water partition coefficient (Wildman–Crippen LogP) is 2.53. The van der Waals surface area contributed by atoms with Crippen LogP contribution >= 0.6 is 0 Å². The van der Waals surface area contributed by atoms with E-state index in [0.29, 0.717) is 56.1 Å². The lowest BCUT2D eigenvalue weighted by atomic mass is 9.80. The number of aliphatic hydroxyl groups is 3. The van der Waals surface area contributed by atoms with Crippen LogP contribution in [0.15, 0.2) is 48.5 Å². The van der Waals surface area contributed by atoms with E-state index in [1.54, 1.807) is 29.2 Å². The second-order valence-electron chi connectivity index (χ2n) is 11.7. The van der Waals surface area contributed by atoms with Crippen molar-refractivity contribution in [3.63, 3.8) is 0 Å². The van der Waals surface area contributed by atoms with Gasteiger partial charge >= 0.3 is 0 Å². The summed E-state index contributed by atoms with van der Waals surface area (Å²) in [5, 5.41) is 35.3. The summed E-state index contributed by atoms with van der Waals surface area (Å²) in [4.78, 5) is 31.1. The van der Waals surface area contributed by atoms with Gasteiger partial charge in [-0.05, 0) is 60.6 Å². The van der Waals surface area contributed by atoms with Gasteiger partial charge in [-0.3, -0.25) is 19.8 Å². The van der Waals surface area contributed by atoms with Crippen LogP contribution in [0.25, 0.3) is 0 Å². The number of hydrogen-bond donors (Lipinski definition) is 5. The Balaban J connectivity index is 1.34. The van der Waals surface area contributed by atoms with E-state index < -0.39 is 23.9 Å². The first-order valence-electron chi connectivity index (χ1n) is 15.1. The molecule has 0 radical (unpaired) electrons. The van der Waals surface area contributed by atoms with Crippen LogP contribution in [0.2, 0.25) is 0 Å². The quantitative estimate of drug-likeness (QED) is 0.228. The Morgan fingerprint density at radius 1 is 1.02 bits per heavy atom. The standard InChI is InChI=1S/C32H46N4O6/c1-4-5-17-36-30(40)27(28(38)22(2)3)34-31(41)32(36)14-18-35(19-15-32)21-23-6-10-25(11-7-23)42-26-12-8-24(9-13-26)29(39)33-16-20-37/h6-13,22,27-29,33,37-39H,4-5,14-21H2,1-3H3,(H,34,41)/t27-,28-,29?/m1/s1. The first kappa shape index (κ1) is 31.9. The van der Waals surface area contributed by atoms with Gasteiger partial charge in [-0.15, -0.1) is 0 Å². The number of piperazine rings is 1. The summed E-state index contributed by atoms with van der Waals surface area (Å²) in [5.74, 6) is 0.897. The van der Waals surface area contributed by atoms with Crippen LogP contribution in [0.5, 0.6) is 11.5 Å². The van der Waals surface area contributed by atoms with Crippen LogP contribution in [-0.4, -0.2) is 87.4 Å². The van der Waals surface area contributed by atoms with Crippen molar-refractivity contribution in [2.45, 2.75) is 76.9 Å². The Bertz CT molecular complexity index is 1160. The highest BCUT2D eigenvalue weighted by Gasteiger charge is 2.54. The molecule has 230 valence electrons. The highest BCUT2D eigenvalue weighted by atomic mass is 16.5. The molecule has 2 aromatic carbocycles. The SMILES string of the molecule is CCCCN1C(=O)[C@@H]([C@H](O)C(C)C)NC(=O)C12CCN(Cc1ccc(Oc3ccc(C(O)NCCO)cc3)cc1)CC2. The molecule has 2 amide bonds. The van der Waals surface area contributed by atoms with Crippen LogP contribution in [0.1, 0.15) is 63.8 Å². The highest BCUT2D eigenvalue weighted by molar-refractivity contribution is 6.00. The number of unbranched alkanes of at least 4 members (excludes halogenated alkanes) is 1. The van der Waals surface area contributed by atoms with Crippen molar-refractivity contribution < 1.29 is 29.6 Å². The fraction of sp³-hybridized carbons (Fsp3) is 0.562. The zero-order valence-corrected chi connectivity index (χ0v) is 25.0. The Morgan fingerprint density at radius 2 is 1.64 bits per heavy atom. The van der Waals surface area contributed by atoms with Gasteiger partial charge in [0.15, 0.2) is 0 Å². The molecule has 5 N–H and O–H groups in total. The second-order valence-corrected chi connectivity index (χ2v) is 11.7. The number of rotatable bonds is 13. The van der Waals surface area contributed by atoms with Gasteiger partial charge in [0.1, 0.15) is 29.3 Å². The van der Waals surface area contributed by atoms with E-state index >= 15 is 0 Å². The highest BCUT2D eigenvalue weighted by Crippen LogP contribution is 2.35. The summed E-state index contributed by atoms with van der Waals surface area (Å²) >= 11 is 0. The van der Waals surface area contributed by atoms with Crippen LogP contribution in [0.4, 0.5) is 0 Å². The number of hydrogen-bond acceptors (Lipinski definition) is 8. The number of piperidine rings is 1. The molecular formula is C32H46N4O6. The smallest absolute Gasteiger partial charge is 0.248 e. The first-order chi connectivity index (χ1) is 20.2. The average Bonchev–Trinajstić information content (AvgIpc) is 2.99. The third kappa shape index (κ3) is 7.30. The molecule has 10 heteroatoms. The van der Waals surface area contributed by atoms with E-state index in [4.69, 9.17) is 9.84 Å². The molecule has 2 aliphatic heterocycles. The van der Waals surface area contributed by atoms with Crippen molar-refractivity contribution in [2.75, 3.05) is 32.8 Å². The number of nitrogens with one attached hydrogen (secondary N) is 2. The number of benzene rings is 2. The van der Waals surface area contributed by atoms with Crippen molar-refractivity contribution in [1.29, 1.82) is 0 Å². The second kappa shape index (κ2) is 14.4. The van der Waals surface area contributed by atoms with E-state index in [9.17, 15) is 19.8 Å². The van der Waals surface area contributed by atoms with Crippen molar-refractivity contribution in [1.82, 2.24) is 20.4 Å². The Labute approximate surface area is 248 Å². The normalized spacial score (nSPS) is 20.5. The molecule has 0 bridgehead atoms. The summed E-state index contributed by atoms with van der Waals surface area (Å²) in [7, 11) is 0. The Hall–Kier alpha value is -3.02. The van der Waals surface area contributed by atoms with Crippen molar-refractivity contribution >= 4 is 11.8 Å². The molecule has 42 heavy (non-hydrogen) atoms. The van der Waals surface area contributed by atoms with Gasteiger partial charge < -0.3 is 30.3 Å². The molecule has 2 aromatic rings. The molecular weight excluding hydrogens is 536 g/mol. The molecule has 1 unspecified atom stereocenters. The number of amides is 2. The molecule has 2 fully saturated rings. The average molecular weight is 583 g/mol. The van der Waals surface area contributed by atoms with E-state index in [1.165, 1.54) is 0 Å². The Kier molecular flexibility index (Phi) is 11.0. The minimum Gasteiger partial charge on any atom is -0.457 e. The van der Waals surface area contributed by atoms with Gasteiger partial charge in [0, 0.05) is 32.7 Å². The zero-order valence-electron chi connectivity index (χ0n) is 25.0. The number of carbonyl (C=O) groups is 2. The largest absolute Gasteiger partial charge is 0.457 e. The maximum absolute atomic E-state index is 13.5. The molecule has 0 aromatic heterocycles. The van der Waals surface area contributed by atoms with Gasteiger partial charge in [0.25, 0.3) is 0 Å². The molecule has 2 saturated heterocycles. The van der Waals surface area contributed by atoms with Crippen LogP contribution < -0.4 is 15.4 Å². The van der Waals surface area contributed by atoms with E-state index in [1.807, 2.05) is 38.1 Å². The van der Waals surface area contributed by atoms with E-state index in [0.717, 1.165) is 24.9 Å². The minimum absolute atomic E-state index is 0.0483. The molecule has 2 aliphatic rings. The maximum atomic E-state index is 13.5. The maximum Gasteiger partial charge on any atom is 0.248 e. The van der Waals surface area contributed by atoms with Crippen LogP contribution in [0.3, 0.4) is 0 Å². The summed E-state index contributed by atoms with van der Waals surface area (Å²) in [6, 6.07) is 14.1. The zero-order chi connectivity index (χ0) is 30.3. The lowest BCUT2D eigenvalue weighted by molar-refractivity contribution is -0.165. The summed E-state index contributed by atoms with van der Waals surface area (Å²) in [6.45, 7) is 8.65. The molecule has 3 atom stereocenters. The van der Waals surface area contributed by atoms with Gasteiger partial charge in [-0.1, -0.05) is 51.5 Å². The van der Waals surface area contributed by atoms with Gasteiger partial charge in [0.05, 0.1) is 12.7 Å². The van der Waals surface area contributed by atoms with Crippen molar-refractivity contribution in [3.05, 3.63) is 59.7 Å². The van der Waals surface area contributed by atoms with E-state index in [-0.39, 0.29) is 24.3 Å². The summed E-state index contributed by atoms with van der Waals surface area (Å²) in [5.41, 5.74) is 0.943. The monoisotopic (exact) mass is 582 g/mol. The molecule has 10 nitrogen and oxygen atoms in total. The van der Waals surface area contributed by atoms with Crippen molar-refractivity contribution in [2.24, 2.45) is 5.92 Å². The van der Waals surface area contributed by atoms with Crippen LogP contribution in [-0.2, 0) is 16.1 Å². The molecule has 4 rings (SSSR count). The third-order valence-corrected chi connectivity index (χ3v) is 8.41. The minimum atomic E-state index is -0.915. The van der Waals surface area contributed by atoms with Gasteiger partial charge in [0.2, 0.25) is 11.8 Å². The van der Waals surface area contributed by atoms with Crippen LogP contribution in [0, 0.1) is 5.92 Å². The predicted molar refractivity (Wildman–Crippen MR) is 160 cm³/mol. The fourth-order valence-electron chi connectivity index (χ4n) is 5.77. The number of carbonyl (C=O) groups excluding carboxylic acids is 2. The molecule has 0 aliphatic carbocycles. The Morgan fingerprint density at radius 3 is 2.21 bits per heavy atom. The van der Waals surface area contributed by atoms with Gasteiger partial charge in [-0.25, -0.2) is 0 Å². The topological polar surface area (TPSA) is 135 Å².